The molecule has 0 aromatic heterocycles. The van der Waals surface area contributed by atoms with Gasteiger partial charge in [-0.15, -0.1) is 0 Å². The van der Waals surface area contributed by atoms with E-state index in [0.29, 0.717) is 12.1 Å². The van der Waals surface area contributed by atoms with Gasteiger partial charge in [0.15, 0.2) is 0 Å². The second-order valence-electron chi connectivity index (χ2n) is 5.18. The molecule has 0 bridgehead atoms. The molecule has 0 amide bonds. The number of hydrogen-bond donors (Lipinski definition) is 1. The first-order valence-electron chi connectivity index (χ1n) is 7.02. The zero-order valence-electron chi connectivity index (χ0n) is 11.8. The lowest BCUT2D eigenvalue weighted by Gasteiger charge is -2.27. The molecular formula is C14H19Cl2NO3S. The molecule has 1 aliphatic rings. The topological polar surface area (TPSA) is 57.6 Å². The zero-order valence-corrected chi connectivity index (χ0v) is 14.2. The van der Waals surface area contributed by atoms with Crippen LogP contribution in [0.1, 0.15) is 38.2 Å². The van der Waals surface area contributed by atoms with E-state index in [1.165, 1.54) is 16.4 Å². The average Bonchev–Trinajstić information content (AvgIpc) is 2.95. The molecule has 0 spiro atoms. The predicted molar refractivity (Wildman–Crippen MR) is 84.2 cm³/mol. The number of rotatable bonds is 5. The van der Waals surface area contributed by atoms with Crippen molar-refractivity contribution in [1.82, 2.24) is 4.31 Å². The molecule has 21 heavy (non-hydrogen) atoms. The summed E-state index contributed by atoms with van der Waals surface area (Å²) in [6.45, 7) is 1.86. The molecule has 0 unspecified atom stereocenters. The maximum absolute atomic E-state index is 12.9. The van der Waals surface area contributed by atoms with E-state index in [1.54, 1.807) is 0 Å². The van der Waals surface area contributed by atoms with E-state index in [1.807, 2.05) is 6.92 Å². The lowest BCUT2D eigenvalue weighted by molar-refractivity contribution is 0.281. The van der Waals surface area contributed by atoms with Crippen LogP contribution in [0, 0.1) is 0 Å². The summed E-state index contributed by atoms with van der Waals surface area (Å²) in [7, 11) is -3.71. The number of aliphatic hydroxyl groups excluding tert-OH is 1. The minimum absolute atomic E-state index is 0.0190. The summed E-state index contributed by atoms with van der Waals surface area (Å²) in [6.07, 6.45) is 3.83. The van der Waals surface area contributed by atoms with Crippen LogP contribution >= 0.6 is 23.2 Å². The first kappa shape index (κ1) is 17.0. The van der Waals surface area contributed by atoms with Crippen LogP contribution in [-0.2, 0) is 16.6 Å². The number of benzene rings is 1. The standard InChI is InChI=1S/C14H19Cl2NO3S/c1-2-17(12-5-3-4-6-12)21(19,20)13-8-11(15)7-10(9-18)14(13)16/h7-8,12,18H,2-6,9H2,1H3. The lowest BCUT2D eigenvalue weighted by Crippen LogP contribution is -2.38. The number of hydrogen-bond acceptors (Lipinski definition) is 3. The van der Waals surface area contributed by atoms with Gasteiger partial charge in [-0.2, -0.15) is 4.31 Å². The summed E-state index contributed by atoms with van der Waals surface area (Å²) in [5, 5.41) is 9.60. The van der Waals surface area contributed by atoms with Crippen LogP contribution < -0.4 is 0 Å². The summed E-state index contributed by atoms with van der Waals surface area (Å²) in [6, 6.07) is 2.86. The van der Waals surface area contributed by atoms with Gasteiger partial charge in [0.05, 0.1) is 11.6 Å². The van der Waals surface area contributed by atoms with Crippen molar-refractivity contribution in [1.29, 1.82) is 0 Å². The van der Waals surface area contributed by atoms with Crippen molar-refractivity contribution in [2.45, 2.75) is 50.2 Å². The van der Waals surface area contributed by atoms with Gasteiger partial charge in [-0.1, -0.05) is 43.0 Å². The van der Waals surface area contributed by atoms with Gasteiger partial charge in [-0.25, -0.2) is 8.42 Å². The first-order valence-corrected chi connectivity index (χ1v) is 9.22. The highest BCUT2D eigenvalue weighted by Crippen LogP contribution is 2.34. The van der Waals surface area contributed by atoms with Crippen molar-refractivity contribution in [2.75, 3.05) is 6.54 Å². The van der Waals surface area contributed by atoms with Gasteiger partial charge in [-0.05, 0) is 30.5 Å². The predicted octanol–water partition coefficient (Wildman–Crippen LogP) is 3.44. The minimum Gasteiger partial charge on any atom is -0.392 e. The number of halogens is 2. The Hall–Kier alpha value is -0.330. The average molecular weight is 352 g/mol. The molecule has 0 aliphatic heterocycles. The molecule has 118 valence electrons. The van der Waals surface area contributed by atoms with Crippen LogP contribution in [0.5, 0.6) is 0 Å². The van der Waals surface area contributed by atoms with Gasteiger partial charge in [0.2, 0.25) is 10.0 Å². The largest absolute Gasteiger partial charge is 0.392 e. The highest BCUT2D eigenvalue weighted by Gasteiger charge is 2.34. The lowest BCUT2D eigenvalue weighted by atomic mass is 10.2. The number of nitrogens with zero attached hydrogens (tertiary/aromatic N) is 1. The Morgan fingerprint density at radius 3 is 2.43 bits per heavy atom. The van der Waals surface area contributed by atoms with Crippen LogP contribution in [0.2, 0.25) is 10.0 Å². The summed E-state index contributed by atoms with van der Waals surface area (Å²) in [5.41, 5.74) is 0.324. The Kier molecular flexibility index (Phi) is 5.54. The monoisotopic (exact) mass is 351 g/mol. The summed E-state index contributed by atoms with van der Waals surface area (Å²) in [4.78, 5) is -0.0190. The molecule has 0 saturated heterocycles. The van der Waals surface area contributed by atoms with E-state index in [0.717, 1.165) is 25.7 Å². The highest BCUT2D eigenvalue weighted by molar-refractivity contribution is 7.89. The molecule has 0 atom stereocenters. The van der Waals surface area contributed by atoms with Crippen molar-refractivity contribution < 1.29 is 13.5 Å². The van der Waals surface area contributed by atoms with E-state index in [-0.39, 0.29) is 27.6 Å². The molecule has 1 fully saturated rings. The van der Waals surface area contributed by atoms with E-state index >= 15 is 0 Å². The van der Waals surface area contributed by atoms with Crippen molar-refractivity contribution in [3.05, 3.63) is 27.7 Å². The Balaban J connectivity index is 2.49. The summed E-state index contributed by atoms with van der Waals surface area (Å²) < 4.78 is 27.3. The van der Waals surface area contributed by atoms with Crippen LogP contribution in [-0.4, -0.2) is 30.4 Å². The summed E-state index contributed by atoms with van der Waals surface area (Å²) >= 11 is 12.1. The highest BCUT2D eigenvalue weighted by atomic mass is 35.5. The number of sulfonamides is 1. The smallest absolute Gasteiger partial charge is 0.244 e. The third-order valence-electron chi connectivity index (χ3n) is 3.88. The van der Waals surface area contributed by atoms with Gasteiger partial charge in [0, 0.05) is 17.6 Å². The quantitative estimate of drug-likeness (QED) is 0.883. The van der Waals surface area contributed by atoms with E-state index in [4.69, 9.17) is 23.2 Å². The molecule has 0 heterocycles. The van der Waals surface area contributed by atoms with E-state index in [2.05, 4.69) is 0 Å². The van der Waals surface area contributed by atoms with Gasteiger partial charge >= 0.3 is 0 Å². The van der Waals surface area contributed by atoms with Gasteiger partial charge < -0.3 is 5.11 Å². The fraction of sp³-hybridized carbons (Fsp3) is 0.571. The maximum atomic E-state index is 12.9. The third-order valence-corrected chi connectivity index (χ3v) is 6.71. The molecule has 2 rings (SSSR count). The Morgan fingerprint density at radius 2 is 1.90 bits per heavy atom. The molecule has 1 N–H and O–H groups in total. The Morgan fingerprint density at radius 1 is 1.29 bits per heavy atom. The third kappa shape index (κ3) is 3.37. The van der Waals surface area contributed by atoms with Crippen molar-refractivity contribution >= 4 is 33.2 Å². The van der Waals surface area contributed by atoms with Crippen molar-refractivity contribution in [3.63, 3.8) is 0 Å². The molecule has 0 radical (unpaired) electrons. The number of aliphatic hydroxyl groups is 1. The molecular weight excluding hydrogens is 333 g/mol. The second-order valence-corrected chi connectivity index (χ2v) is 7.86. The summed E-state index contributed by atoms with van der Waals surface area (Å²) in [5.74, 6) is 0. The van der Waals surface area contributed by atoms with E-state index < -0.39 is 10.0 Å². The van der Waals surface area contributed by atoms with Gasteiger partial charge in [0.1, 0.15) is 4.90 Å². The van der Waals surface area contributed by atoms with E-state index in [9.17, 15) is 13.5 Å². The fourth-order valence-electron chi connectivity index (χ4n) is 2.86. The molecule has 7 heteroatoms. The van der Waals surface area contributed by atoms with Crippen molar-refractivity contribution in [3.8, 4) is 0 Å². The minimum atomic E-state index is -3.71. The van der Waals surface area contributed by atoms with Crippen LogP contribution in [0.3, 0.4) is 0 Å². The van der Waals surface area contributed by atoms with Gasteiger partial charge in [0.25, 0.3) is 0 Å². The Labute approximate surface area is 135 Å². The first-order chi connectivity index (χ1) is 9.91. The molecule has 1 aliphatic carbocycles. The second kappa shape index (κ2) is 6.84. The maximum Gasteiger partial charge on any atom is 0.244 e. The zero-order chi connectivity index (χ0) is 15.6. The van der Waals surface area contributed by atoms with Gasteiger partial charge in [-0.3, -0.25) is 0 Å². The van der Waals surface area contributed by atoms with Crippen LogP contribution in [0.4, 0.5) is 0 Å². The van der Waals surface area contributed by atoms with Crippen molar-refractivity contribution in [2.24, 2.45) is 0 Å². The molecule has 1 aromatic carbocycles. The van der Waals surface area contributed by atoms with Crippen LogP contribution in [0.15, 0.2) is 17.0 Å². The fourth-order valence-corrected chi connectivity index (χ4v) is 5.46. The molecule has 4 nitrogen and oxygen atoms in total. The Bertz CT molecular complexity index is 613. The van der Waals surface area contributed by atoms with Crippen LogP contribution in [0.25, 0.3) is 0 Å². The molecule has 1 aromatic rings. The normalized spacial score (nSPS) is 16.8. The SMILES string of the molecule is CCN(C1CCCC1)S(=O)(=O)c1cc(Cl)cc(CO)c1Cl. The molecule has 1 saturated carbocycles.